The Morgan fingerprint density at radius 2 is 2.05 bits per heavy atom. The molecule has 0 aliphatic heterocycles. The number of nitrogens with one attached hydrogen (secondary N) is 2. The number of carboxylic acids is 1. The Hall–Kier alpha value is -1.94. The molecule has 1 aromatic rings. The number of carbonyl (C=O) groups excluding carboxylic acids is 1. The predicted octanol–water partition coefficient (Wildman–Crippen LogP) is -1.37. The number of amides is 1. The molecule has 5 N–H and O–H groups in total. The van der Waals surface area contributed by atoms with Crippen LogP contribution in [0.1, 0.15) is 17.8 Å². The van der Waals surface area contributed by atoms with Crippen molar-refractivity contribution in [1.82, 2.24) is 14.9 Å². The molecule has 0 spiro atoms. The van der Waals surface area contributed by atoms with Gasteiger partial charge in [0.2, 0.25) is 15.9 Å². The first-order valence-electron chi connectivity index (χ1n) is 5.20. The number of carboxylic acid groups (broad SMARTS) is 1. The highest BCUT2D eigenvalue weighted by Gasteiger charge is 2.30. The lowest BCUT2D eigenvalue weighted by atomic mass is 10.2. The first kappa shape index (κ1) is 15.1. The normalized spacial score (nSPS) is 13.2. The number of aliphatic carboxylic acids is 1. The Labute approximate surface area is 109 Å². The molecule has 1 aromatic heterocycles. The number of aromatic amines is 1. The lowest BCUT2D eigenvalue weighted by Crippen LogP contribution is -2.43. The van der Waals surface area contributed by atoms with Crippen LogP contribution in [-0.2, 0) is 19.6 Å². The van der Waals surface area contributed by atoms with Crippen LogP contribution >= 0.6 is 0 Å². The Morgan fingerprint density at radius 1 is 1.47 bits per heavy atom. The Kier molecular flexibility index (Phi) is 4.27. The average Bonchev–Trinajstić information content (AvgIpc) is 2.56. The van der Waals surface area contributed by atoms with E-state index >= 15 is 0 Å². The summed E-state index contributed by atoms with van der Waals surface area (Å²) in [5.41, 5.74) is 5.35. The van der Waals surface area contributed by atoms with Crippen molar-refractivity contribution in [3.8, 4) is 0 Å². The Morgan fingerprint density at radius 3 is 2.42 bits per heavy atom. The van der Waals surface area contributed by atoms with E-state index in [1.165, 1.54) is 13.8 Å². The van der Waals surface area contributed by atoms with E-state index in [-0.39, 0.29) is 16.3 Å². The highest BCUT2D eigenvalue weighted by atomic mass is 32.2. The van der Waals surface area contributed by atoms with E-state index in [0.717, 1.165) is 0 Å². The molecule has 106 valence electrons. The number of aromatic nitrogens is 2. The molecule has 0 unspecified atom stereocenters. The van der Waals surface area contributed by atoms with Crippen molar-refractivity contribution < 1.29 is 23.1 Å². The number of rotatable bonds is 6. The van der Waals surface area contributed by atoms with Gasteiger partial charge in [0.25, 0.3) is 0 Å². The minimum absolute atomic E-state index is 0.136. The fourth-order valence-corrected chi connectivity index (χ4v) is 3.12. The molecule has 1 amide bonds. The first-order chi connectivity index (χ1) is 8.65. The summed E-state index contributed by atoms with van der Waals surface area (Å²) in [5, 5.41) is 15.1. The van der Waals surface area contributed by atoms with Gasteiger partial charge in [-0.3, -0.25) is 14.7 Å². The Balaban J connectivity index is 3.08. The van der Waals surface area contributed by atoms with E-state index < -0.39 is 34.4 Å². The van der Waals surface area contributed by atoms with Gasteiger partial charge in [0.1, 0.15) is 10.9 Å². The maximum atomic E-state index is 12.0. The van der Waals surface area contributed by atoms with Gasteiger partial charge in [-0.15, -0.1) is 0 Å². The smallest absolute Gasteiger partial charge is 0.322 e. The van der Waals surface area contributed by atoms with Crippen LogP contribution in [0.15, 0.2) is 4.90 Å². The summed E-state index contributed by atoms with van der Waals surface area (Å²) >= 11 is 0. The third-order valence-corrected chi connectivity index (χ3v) is 4.06. The highest BCUT2D eigenvalue weighted by Crippen LogP contribution is 2.17. The third kappa shape index (κ3) is 3.51. The minimum Gasteiger partial charge on any atom is -0.480 e. The number of nitrogens with zero attached hydrogens (tertiary/aromatic N) is 1. The van der Waals surface area contributed by atoms with Crippen LogP contribution in [0, 0.1) is 13.8 Å². The summed E-state index contributed by atoms with van der Waals surface area (Å²) in [5.74, 6) is -2.41. The summed E-state index contributed by atoms with van der Waals surface area (Å²) in [6.45, 7) is 2.94. The monoisotopic (exact) mass is 290 g/mol. The van der Waals surface area contributed by atoms with Crippen LogP contribution in [0.5, 0.6) is 0 Å². The molecule has 1 rings (SSSR count). The number of H-pyrrole nitrogens is 1. The summed E-state index contributed by atoms with van der Waals surface area (Å²) in [6, 6.07) is -1.61. The summed E-state index contributed by atoms with van der Waals surface area (Å²) in [6.07, 6.45) is -0.634. The van der Waals surface area contributed by atoms with Crippen molar-refractivity contribution >= 4 is 21.9 Å². The van der Waals surface area contributed by atoms with Crippen LogP contribution in [-0.4, -0.2) is 41.6 Å². The molecule has 1 atom stereocenters. The maximum Gasteiger partial charge on any atom is 0.322 e. The van der Waals surface area contributed by atoms with Crippen LogP contribution < -0.4 is 10.5 Å². The van der Waals surface area contributed by atoms with E-state index in [4.69, 9.17) is 10.8 Å². The lowest BCUT2D eigenvalue weighted by Gasteiger charge is -2.13. The number of sulfonamides is 1. The van der Waals surface area contributed by atoms with Gasteiger partial charge in [0.05, 0.1) is 17.8 Å². The van der Waals surface area contributed by atoms with Crippen molar-refractivity contribution in [3.05, 3.63) is 11.4 Å². The number of primary amides is 1. The maximum absolute atomic E-state index is 12.0. The third-order valence-electron chi connectivity index (χ3n) is 2.33. The molecule has 0 aliphatic carbocycles. The number of aryl methyl sites for hydroxylation is 2. The number of hydrogen-bond acceptors (Lipinski definition) is 5. The van der Waals surface area contributed by atoms with Gasteiger partial charge in [0, 0.05) is 0 Å². The van der Waals surface area contributed by atoms with Crippen molar-refractivity contribution in [2.45, 2.75) is 31.2 Å². The average molecular weight is 290 g/mol. The molecule has 10 heteroatoms. The van der Waals surface area contributed by atoms with Gasteiger partial charge in [-0.1, -0.05) is 0 Å². The predicted molar refractivity (Wildman–Crippen MR) is 63.6 cm³/mol. The van der Waals surface area contributed by atoms with Gasteiger partial charge in [-0.05, 0) is 13.8 Å². The first-order valence-corrected chi connectivity index (χ1v) is 6.68. The second kappa shape index (κ2) is 5.36. The number of carbonyl (C=O) groups is 2. The molecule has 0 saturated carbocycles. The molecule has 19 heavy (non-hydrogen) atoms. The quantitative estimate of drug-likeness (QED) is 0.506. The molecule has 0 saturated heterocycles. The molecule has 0 aromatic carbocycles. The second-order valence-corrected chi connectivity index (χ2v) is 5.60. The van der Waals surface area contributed by atoms with E-state index in [1.54, 1.807) is 0 Å². The molecule has 0 bridgehead atoms. The summed E-state index contributed by atoms with van der Waals surface area (Å²) in [7, 11) is -4.10. The zero-order valence-electron chi connectivity index (χ0n) is 10.3. The summed E-state index contributed by atoms with van der Waals surface area (Å²) in [4.78, 5) is 21.5. The van der Waals surface area contributed by atoms with E-state index in [2.05, 4.69) is 10.2 Å². The molecule has 0 radical (unpaired) electrons. The lowest BCUT2D eigenvalue weighted by molar-refractivity contribution is -0.140. The van der Waals surface area contributed by atoms with Gasteiger partial charge < -0.3 is 10.8 Å². The largest absolute Gasteiger partial charge is 0.480 e. The topological polar surface area (TPSA) is 155 Å². The fourth-order valence-electron chi connectivity index (χ4n) is 1.56. The zero-order valence-corrected chi connectivity index (χ0v) is 11.1. The van der Waals surface area contributed by atoms with Crippen LogP contribution in [0.2, 0.25) is 0 Å². The van der Waals surface area contributed by atoms with Gasteiger partial charge in [0.15, 0.2) is 0 Å². The van der Waals surface area contributed by atoms with E-state index in [1.807, 2.05) is 4.72 Å². The second-order valence-electron chi connectivity index (χ2n) is 3.95. The van der Waals surface area contributed by atoms with Crippen molar-refractivity contribution in [1.29, 1.82) is 0 Å². The SMILES string of the molecule is Cc1n[nH]c(C)c1S(=O)(=O)N[C@@H](CC(N)=O)C(=O)O. The number of hydrogen-bond donors (Lipinski definition) is 4. The molecular weight excluding hydrogens is 276 g/mol. The van der Waals surface area contributed by atoms with Crippen molar-refractivity contribution in [2.75, 3.05) is 0 Å². The van der Waals surface area contributed by atoms with Gasteiger partial charge in [-0.2, -0.15) is 9.82 Å². The Bertz CT molecular complexity index is 587. The number of nitrogens with two attached hydrogens (primary N) is 1. The van der Waals surface area contributed by atoms with Crippen LogP contribution in [0.3, 0.4) is 0 Å². The molecule has 1 heterocycles. The minimum atomic E-state index is -4.10. The van der Waals surface area contributed by atoms with Crippen molar-refractivity contribution in [2.24, 2.45) is 5.73 Å². The zero-order chi connectivity index (χ0) is 14.8. The van der Waals surface area contributed by atoms with E-state index in [0.29, 0.717) is 0 Å². The van der Waals surface area contributed by atoms with Crippen LogP contribution in [0.4, 0.5) is 0 Å². The fraction of sp³-hybridized carbons (Fsp3) is 0.444. The van der Waals surface area contributed by atoms with Crippen LogP contribution in [0.25, 0.3) is 0 Å². The summed E-state index contributed by atoms with van der Waals surface area (Å²) < 4.78 is 26.0. The highest BCUT2D eigenvalue weighted by molar-refractivity contribution is 7.89. The molecule has 0 aliphatic rings. The molecule has 0 fully saturated rings. The van der Waals surface area contributed by atoms with Crippen molar-refractivity contribution in [3.63, 3.8) is 0 Å². The standard InChI is InChI=1S/C9H14N4O5S/c1-4-8(5(2)12-11-4)19(17,18)13-6(9(15)16)3-7(10)14/h6,13H,3H2,1-2H3,(H2,10,14)(H,11,12)(H,15,16)/t6-/m0/s1. The van der Waals surface area contributed by atoms with E-state index in [9.17, 15) is 18.0 Å². The van der Waals surface area contributed by atoms with Gasteiger partial charge in [-0.25, -0.2) is 8.42 Å². The van der Waals surface area contributed by atoms with Gasteiger partial charge >= 0.3 is 5.97 Å². The molecule has 9 nitrogen and oxygen atoms in total. The molecular formula is C9H14N4O5S.